The van der Waals surface area contributed by atoms with Gasteiger partial charge >= 0.3 is 0 Å². The Balaban J connectivity index is 1.62. The fourth-order valence-electron chi connectivity index (χ4n) is 2.70. The predicted octanol–water partition coefficient (Wildman–Crippen LogP) is 3.79. The lowest BCUT2D eigenvalue weighted by Crippen LogP contribution is -2.22. The van der Waals surface area contributed by atoms with Crippen molar-refractivity contribution in [2.75, 3.05) is 36.1 Å². The summed E-state index contributed by atoms with van der Waals surface area (Å²) >= 11 is 8.07. The quantitative estimate of drug-likeness (QED) is 0.665. The molecule has 1 aliphatic heterocycles. The Bertz CT molecular complexity index is 623. The first-order chi connectivity index (χ1) is 10.8. The zero-order valence-electron chi connectivity index (χ0n) is 12.5. The summed E-state index contributed by atoms with van der Waals surface area (Å²) in [5.41, 5.74) is 0.820. The van der Waals surface area contributed by atoms with E-state index in [1.165, 1.54) is 17.6 Å². The third-order valence-corrected chi connectivity index (χ3v) is 5.38. The highest BCUT2D eigenvalue weighted by atomic mass is 35.5. The fraction of sp³-hybridized carbons (Fsp3) is 0.375. The molecule has 22 heavy (non-hydrogen) atoms. The summed E-state index contributed by atoms with van der Waals surface area (Å²) < 4.78 is 0. The van der Waals surface area contributed by atoms with Gasteiger partial charge in [0.05, 0.1) is 0 Å². The summed E-state index contributed by atoms with van der Waals surface area (Å²) in [6.07, 6.45) is 2.72. The van der Waals surface area contributed by atoms with Crippen LogP contribution < -0.4 is 10.2 Å². The molecule has 1 atom stereocenters. The number of hydrogen-bond acceptors (Lipinski definition) is 5. The maximum absolute atomic E-state index is 6.14. The third-order valence-electron chi connectivity index (χ3n) is 3.85. The molecule has 3 rings (SSSR count). The van der Waals surface area contributed by atoms with E-state index >= 15 is 0 Å². The highest BCUT2D eigenvalue weighted by Gasteiger charge is 2.26. The molecule has 0 radical (unpaired) electrons. The summed E-state index contributed by atoms with van der Waals surface area (Å²) in [4.78, 5) is 12.1. The molecule has 6 heteroatoms. The smallest absolute Gasteiger partial charge is 0.157 e. The second-order valence-electron chi connectivity index (χ2n) is 5.34. The first-order valence-corrected chi connectivity index (χ1v) is 8.75. The number of rotatable bonds is 5. The molecule has 1 N–H and O–H groups in total. The number of aromatic nitrogens is 2. The average molecular weight is 335 g/mol. The zero-order chi connectivity index (χ0) is 15.4. The van der Waals surface area contributed by atoms with Crippen LogP contribution in [0.3, 0.4) is 0 Å². The third kappa shape index (κ3) is 3.47. The highest BCUT2D eigenvalue weighted by Crippen LogP contribution is 2.33. The molecule has 0 bridgehead atoms. The van der Waals surface area contributed by atoms with Gasteiger partial charge in [0.2, 0.25) is 0 Å². The van der Waals surface area contributed by atoms with E-state index < -0.39 is 0 Å². The van der Waals surface area contributed by atoms with Gasteiger partial charge in [0.1, 0.15) is 12.0 Å². The maximum atomic E-state index is 6.14. The van der Waals surface area contributed by atoms with Crippen LogP contribution in [0.2, 0.25) is 5.15 Å². The van der Waals surface area contributed by atoms with Gasteiger partial charge in [-0.2, -0.15) is 0 Å². The Morgan fingerprint density at radius 1 is 1.32 bits per heavy atom. The predicted molar refractivity (Wildman–Crippen MR) is 94.1 cm³/mol. The molecule has 4 nitrogen and oxygen atoms in total. The Hall–Kier alpha value is -1.46. The molecule has 2 aromatic rings. The van der Waals surface area contributed by atoms with E-state index in [4.69, 9.17) is 11.6 Å². The lowest BCUT2D eigenvalue weighted by Gasteiger charge is -2.20. The molecule has 1 aromatic heterocycles. The molecule has 1 saturated heterocycles. The van der Waals surface area contributed by atoms with Crippen LogP contribution in [-0.4, -0.2) is 35.9 Å². The first-order valence-electron chi connectivity index (χ1n) is 7.39. The molecular formula is C16H19ClN4S. The standard InChI is InChI=1S/C16H19ClN4S/c1-18-14-15(17)19-11-20-16(14)21-8-7-12(9-21)10-22-13-5-3-2-4-6-13/h2-6,11-12,18H,7-10H2,1H3. The summed E-state index contributed by atoms with van der Waals surface area (Å²) in [5.74, 6) is 2.71. The Kier molecular flexibility index (Phi) is 5.05. The van der Waals surface area contributed by atoms with E-state index in [1.807, 2.05) is 18.8 Å². The second-order valence-corrected chi connectivity index (χ2v) is 6.79. The minimum atomic E-state index is 0.481. The number of benzene rings is 1. The molecule has 0 amide bonds. The molecule has 0 spiro atoms. The van der Waals surface area contributed by atoms with Crippen LogP contribution in [-0.2, 0) is 0 Å². The summed E-state index contributed by atoms with van der Waals surface area (Å²) in [6.45, 7) is 2.03. The highest BCUT2D eigenvalue weighted by molar-refractivity contribution is 7.99. The van der Waals surface area contributed by atoms with Gasteiger partial charge in [0.15, 0.2) is 11.0 Å². The Morgan fingerprint density at radius 2 is 2.14 bits per heavy atom. The van der Waals surface area contributed by atoms with E-state index in [0.29, 0.717) is 11.1 Å². The largest absolute Gasteiger partial charge is 0.383 e. The summed E-state index contributed by atoms with van der Waals surface area (Å²) in [7, 11) is 1.85. The summed E-state index contributed by atoms with van der Waals surface area (Å²) in [6, 6.07) is 10.6. The van der Waals surface area contributed by atoms with Crippen molar-refractivity contribution in [1.82, 2.24) is 9.97 Å². The lowest BCUT2D eigenvalue weighted by atomic mass is 10.2. The lowest BCUT2D eigenvalue weighted by molar-refractivity contribution is 0.670. The van der Waals surface area contributed by atoms with Gasteiger partial charge in [0.25, 0.3) is 0 Å². The van der Waals surface area contributed by atoms with Crippen LogP contribution in [0.1, 0.15) is 6.42 Å². The van der Waals surface area contributed by atoms with Crippen LogP contribution in [0.4, 0.5) is 11.5 Å². The average Bonchev–Trinajstić information content (AvgIpc) is 3.02. The minimum absolute atomic E-state index is 0.481. The topological polar surface area (TPSA) is 41.1 Å². The zero-order valence-corrected chi connectivity index (χ0v) is 14.1. The Morgan fingerprint density at radius 3 is 2.91 bits per heavy atom. The van der Waals surface area contributed by atoms with Crippen molar-refractivity contribution in [3.8, 4) is 0 Å². The number of thioether (sulfide) groups is 1. The van der Waals surface area contributed by atoms with E-state index in [1.54, 1.807) is 0 Å². The molecular weight excluding hydrogens is 316 g/mol. The SMILES string of the molecule is CNc1c(Cl)ncnc1N1CCC(CSc2ccccc2)C1. The van der Waals surface area contributed by atoms with Crippen LogP contribution >= 0.6 is 23.4 Å². The number of halogens is 1. The number of nitrogens with one attached hydrogen (secondary N) is 1. The fourth-order valence-corrected chi connectivity index (χ4v) is 3.97. The van der Waals surface area contributed by atoms with E-state index in [2.05, 4.69) is 50.5 Å². The van der Waals surface area contributed by atoms with E-state index in [-0.39, 0.29) is 0 Å². The number of nitrogens with zero attached hydrogens (tertiary/aromatic N) is 3. The molecule has 1 aliphatic rings. The van der Waals surface area contributed by atoms with Gasteiger partial charge in [0, 0.05) is 30.8 Å². The molecule has 0 saturated carbocycles. The van der Waals surface area contributed by atoms with Crippen LogP contribution in [0.15, 0.2) is 41.6 Å². The summed E-state index contributed by atoms with van der Waals surface area (Å²) in [5, 5.41) is 3.59. The Labute approximate surface area is 140 Å². The van der Waals surface area contributed by atoms with Crippen LogP contribution in [0.5, 0.6) is 0 Å². The monoisotopic (exact) mass is 334 g/mol. The van der Waals surface area contributed by atoms with Gasteiger partial charge in [-0.3, -0.25) is 0 Å². The normalized spacial score (nSPS) is 17.7. The van der Waals surface area contributed by atoms with Gasteiger partial charge in [-0.25, -0.2) is 9.97 Å². The van der Waals surface area contributed by atoms with Crippen LogP contribution in [0, 0.1) is 5.92 Å². The first kappa shape index (κ1) is 15.4. The number of hydrogen-bond donors (Lipinski definition) is 1. The van der Waals surface area contributed by atoms with E-state index in [9.17, 15) is 0 Å². The number of anilines is 2. The molecule has 116 valence electrons. The van der Waals surface area contributed by atoms with Gasteiger partial charge in [-0.15, -0.1) is 11.8 Å². The van der Waals surface area contributed by atoms with Gasteiger partial charge in [-0.05, 0) is 24.5 Å². The molecule has 1 aromatic carbocycles. The van der Waals surface area contributed by atoms with Crippen molar-refractivity contribution in [2.45, 2.75) is 11.3 Å². The molecule has 1 unspecified atom stereocenters. The van der Waals surface area contributed by atoms with Crippen molar-refractivity contribution >= 4 is 34.9 Å². The van der Waals surface area contributed by atoms with Crippen molar-refractivity contribution in [3.63, 3.8) is 0 Å². The van der Waals surface area contributed by atoms with Crippen LogP contribution in [0.25, 0.3) is 0 Å². The minimum Gasteiger partial charge on any atom is -0.383 e. The van der Waals surface area contributed by atoms with Crippen molar-refractivity contribution in [2.24, 2.45) is 5.92 Å². The van der Waals surface area contributed by atoms with Gasteiger partial charge < -0.3 is 10.2 Å². The van der Waals surface area contributed by atoms with E-state index in [0.717, 1.165) is 30.3 Å². The molecule has 0 aliphatic carbocycles. The maximum Gasteiger partial charge on any atom is 0.157 e. The molecule has 2 heterocycles. The second kappa shape index (κ2) is 7.20. The van der Waals surface area contributed by atoms with Gasteiger partial charge in [-0.1, -0.05) is 29.8 Å². The van der Waals surface area contributed by atoms with Crippen molar-refractivity contribution in [1.29, 1.82) is 0 Å². The van der Waals surface area contributed by atoms with Crippen molar-refractivity contribution < 1.29 is 0 Å². The molecule has 1 fully saturated rings. The van der Waals surface area contributed by atoms with Crippen molar-refractivity contribution in [3.05, 3.63) is 41.8 Å².